The third kappa shape index (κ3) is 2.82. The van der Waals surface area contributed by atoms with Gasteiger partial charge in [-0.2, -0.15) is 0 Å². The van der Waals surface area contributed by atoms with Gasteiger partial charge in [0.05, 0.1) is 11.2 Å². The standard InChI is InChI=1S/C13H12N2O3/c16-11(6-7-12(17)18)15-10-5-1-3-9-4-2-8-14-13(9)10/h1-5,8H,6-7H2,(H,15,16)(H,17,18)/p-1. The maximum Gasteiger partial charge on any atom is 0.224 e. The van der Waals surface area contributed by atoms with Crippen LogP contribution < -0.4 is 10.4 Å². The number of carbonyl (C=O) groups is 2. The minimum Gasteiger partial charge on any atom is -0.550 e. The lowest BCUT2D eigenvalue weighted by Gasteiger charge is -2.08. The summed E-state index contributed by atoms with van der Waals surface area (Å²) in [6, 6.07) is 9.12. The van der Waals surface area contributed by atoms with Gasteiger partial charge in [0.1, 0.15) is 0 Å². The van der Waals surface area contributed by atoms with E-state index in [1.165, 1.54) is 0 Å². The van der Waals surface area contributed by atoms with Crippen LogP contribution in [0, 0.1) is 0 Å². The molecule has 1 aromatic heterocycles. The van der Waals surface area contributed by atoms with Gasteiger partial charge in [-0.05, 0) is 18.6 Å². The Labute approximate surface area is 103 Å². The quantitative estimate of drug-likeness (QED) is 0.857. The predicted molar refractivity (Wildman–Crippen MR) is 64.6 cm³/mol. The van der Waals surface area contributed by atoms with E-state index in [9.17, 15) is 14.7 Å². The first-order chi connectivity index (χ1) is 8.66. The number of carboxylic acids is 1. The zero-order chi connectivity index (χ0) is 13.0. The first-order valence-electron chi connectivity index (χ1n) is 5.50. The largest absolute Gasteiger partial charge is 0.550 e. The maximum atomic E-state index is 11.5. The van der Waals surface area contributed by atoms with E-state index in [2.05, 4.69) is 10.3 Å². The molecule has 0 aliphatic carbocycles. The molecule has 0 aliphatic heterocycles. The predicted octanol–water partition coefficient (Wildman–Crippen LogP) is 0.703. The highest BCUT2D eigenvalue weighted by molar-refractivity contribution is 6.00. The number of aromatic nitrogens is 1. The van der Waals surface area contributed by atoms with Crippen molar-refractivity contribution in [2.45, 2.75) is 12.8 Å². The second kappa shape index (κ2) is 5.27. The number of fused-ring (bicyclic) bond motifs is 1. The molecule has 5 heteroatoms. The van der Waals surface area contributed by atoms with Crippen molar-refractivity contribution < 1.29 is 14.7 Å². The van der Waals surface area contributed by atoms with Crippen molar-refractivity contribution >= 4 is 28.5 Å². The molecule has 1 N–H and O–H groups in total. The van der Waals surface area contributed by atoms with Gasteiger partial charge in [-0.25, -0.2) is 0 Å². The lowest BCUT2D eigenvalue weighted by molar-refractivity contribution is -0.305. The van der Waals surface area contributed by atoms with Crippen LogP contribution in [0.15, 0.2) is 36.5 Å². The number of pyridine rings is 1. The van der Waals surface area contributed by atoms with Crippen LogP contribution in [0.4, 0.5) is 5.69 Å². The van der Waals surface area contributed by atoms with E-state index in [0.29, 0.717) is 11.2 Å². The van der Waals surface area contributed by atoms with Crippen LogP contribution in [0.2, 0.25) is 0 Å². The number of nitrogens with one attached hydrogen (secondary N) is 1. The molecule has 0 fully saturated rings. The number of aliphatic carboxylic acids is 1. The number of hydrogen-bond acceptors (Lipinski definition) is 4. The molecule has 0 saturated heterocycles. The Hall–Kier alpha value is -2.43. The van der Waals surface area contributed by atoms with Crippen LogP contribution >= 0.6 is 0 Å². The first kappa shape index (κ1) is 12.0. The third-order valence-electron chi connectivity index (χ3n) is 2.46. The Morgan fingerprint density at radius 1 is 1.17 bits per heavy atom. The summed E-state index contributed by atoms with van der Waals surface area (Å²) in [5.41, 5.74) is 1.26. The van der Waals surface area contributed by atoms with Gasteiger partial charge in [-0.15, -0.1) is 0 Å². The van der Waals surface area contributed by atoms with Crippen LogP contribution in [-0.2, 0) is 9.59 Å². The number of nitrogens with zero attached hydrogens (tertiary/aromatic N) is 1. The lowest BCUT2D eigenvalue weighted by Crippen LogP contribution is -2.24. The van der Waals surface area contributed by atoms with Crippen molar-refractivity contribution in [2.24, 2.45) is 0 Å². The van der Waals surface area contributed by atoms with Gasteiger partial charge in [0.25, 0.3) is 0 Å². The van der Waals surface area contributed by atoms with E-state index >= 15 is 0 Å². The van der Waals surface area contributed by atoms with Gasteiger partial charge in [0, 0.05) is 24.0 Å². The number of para-hydroxylation sites is 1. The average molecular weight is 243 g/mol. The fourth-order valence-corrected chi connectivity index (χ4v) is 1.63. The number of amides is 1. The highest BCUT2D eigenvalue weighted by Gasteiger charge is 2.06. The molecule has 2 aromatic rings. The van der Waals surface area contributed by atoms with Crippen molar-refractivity contribution in [3.8, 4) is 0 Å². The topological polar surface area (TPSA) is 82.1 Å². The van der Waals surface area contributed by atoms with Gasteiger partial charge in [-0.1, -0.05) is 18.2 Å². The molecule has 5 nitrogen and oxygen atoms in total. The molecular weight excluding hydrogens is 232 g/mol. The number of hydrogen-bond donors (Lipinski definition) is 1. The highest BCUT2D eigenvalue weighted by atomic mass is 16.4. The second-order valence-corrected chi connectivity index (χ2v) is 3.80. The van der Waals surface area contributed by atoms with Crippen LogP contribution in [0.1, 0.15) is 12.8 Å². The smallest absolute Gasteiger partial charge is 0.224 e. The molecule has 0 aliphatic rings. The Balaban J connectivity index is 2.16. The summed E-state index contributed by atoms with van der Waals surface area (Å²) < 4.78 is 0. The molecule has 18 heavy (non-hydrogen) atoms. The Kier molecular flexibility index (Phi) is 3.52. The molecular formula is C13H11N2O3-. The first-order valence-corrected chi connectivity index (χ1v) is 5.50. The minimum absolute atomic E-state index is 0.106. The van der Waals surface area contributed by atoms with Gasteiger partial charge in [0.15, 0.2) is 0 Å². The van der Waals surface area contributed by atoms with Crippen molar-refractivity contribution in [3.63, 3.8) is 0 Å². The zero-order valence-electron chi connectivity index (χ0n) is 9.55. The van der Waals surface area contributed by atoms with E-state index in [0.717, 1.165) is 5.39 Å². The Bertz CT molecular complexity index is 590. The van der Waals surface area contributed by atoms with E-state index in [1.807, 2.05) is 18.2 Å². The normalized spacial score (nSPS) is 10.2. The summed E-state index contributed by atoms with van der Waals surface area (Å²) in [6.07, 6.45) is 1.24. The Morgan fingerprint density at radius 2 is 1.94 bits per heavy atom. The lowest BCUT2D eigenvalue weighted by atomic mass is 10.2. The second-order valence-electron chi connectivity index (χ2n) is 3.80. The van der Waals surface area contributed by atoms with Crippen LogP contribution in [0.5, 0.6) is 0 Å². The molecule has 1 amide bonds. The summed E-state index contributed by atoms with van der Waals surface area (Å²) >= 11 is 0. The van der Waals surface area contributed by atoms with Crippen LogP contribution in [-0.4, -0.2) is 16.9 Å². The molecule has 0 unspecified atom stereocenters. The molecule has 1 heterocycles. The molecule has 92 valence electrons. The molecule has 0 radical (unpaired) electrons. The molecule has 1 aromatic carbocycles. The maximum absolute atomic E-state index is 11.5. The zero-order valence-corrected chi connectivity index (χ0v) is 9.55. The molecule has 0 spiro atoms. The van der Waals surface area contributed by atoms with E-state index in [1.54, 1.807) is 18.3 Å². The number of anilines is 1. The van der Waals surface area contributed by atoms with Gasteiger partial charge < -0.3 is 15.2 Å². The van der Waals surface area contributed by atoms with Gasteiger partial charge in [0.2, 0.25) is 5.91 Å². The fourth-order valence-electron chi connectivity index (χ4n) is 1.63. The highest BCUT2D eigenvalue weighted by Crippen LogP contribution is 2.20. The number of rotatable bonds is 4. The van der Waals surface area contributed by atoms with Gasteiger partial charge >= 0.3 is 0 Å². The van der Waals surface area contributed by atoms with E-state index < -0.39 is 5.97 Å². The van der Waals surface area contributed by atoms with Crippen LogP contribution in [0.3, 0.4) is 0 Å². The van der Waals surface area contributed by atoms with Crippen molar-refractivity contribution in [3.05, 3.63) is 36.5 Å². The van der Waals surface area contributed by atoms with E-state index in [4.69, 9.17) is 0 Å². The monoisotopic (exact) mass is 243 g/mol. The number of benzene rings is 1. The van der Waals surface area contributed by atoms with Gasteiger partial charge in [-0.3, -0.25) is 9.78 Å². The molecule has 0 saturated carbocycles. The SMILES string of the molecule is O=C([O-])CCC(=O)Nc1cccc2cccnc12. The third-order valence-corrected chi connectivity index (χ3v) is 2.46. The summed E-state index contributed by atoms with van der Waals surface area (Å²) in [4.78, 5) is 26.0. The van der Waals surface area contributed by atoms with Crippen molar-refractivity contribution in [1.29, 1.82) is 0 Å². The molecule has 0 bridgehead atoms. The molecule has 2 rings (SSSR count). The number of carbonyl (C=O) groups excluding carboxylic acids is 2. The fraction of sp³-hybridized carbons (Fsp3) is 0.154. The average Bonchev–Trinajstić information content (AvgIpc) is 2.37. The summed E-state index contributed by atoms with van der Waals surface area (Å²) in [6.45, 7) is 0. The van der Waals surface area contributed by atoms with Crippen molar-refractivity contribution in [2.75, 3.05) is 5.32 Å². The Morgan fingerprint density at radius 3 is 2.72 bits per heavy atom. The minimum atomic E-state index is -1.24. The summed E-state index contributed by atoms with van der Waals surface area (Å²) in [5.74, 6) is -1.60. The molecule has 0 atom stereocenters. The van der Waals surface area contributed by atoms with Crippen LogP contribution in [0.25, 0.3) is 10.9 Å². The number of carboxylic acid groups (broad SMARTS) is 1. The van der Waals surface area contributed by atoms with E-state index in [-0.39, 0.29) is 18.7 Å². The summed E-state index contributed by atoms with van der Waals surface area (Å²) in [7, 11) is 0. The van der Waals surface area contributed by atoms with Crippen molar-refractivity contribution in [1.82, 2.24) is 4.98 Å². The summed E-state index contributed by atoms with van der Waals surface area (Å²) in [5, 5.41) is 13.8.